The topological polar surface area (TPSA) is 52.6 Å². The van der Waals surface area contributed by atoms with E-state index in [1.807, 2.05) is 42.5 Å². The summed E-state index contributed by atoms with van der Waals surface area (Å²) < 4.78 is 10.3. The van der Waals surface area contributed by atoms with Gasteiger partial charge in [0.05, 0.1) is 11.1 Å². The number of carbonyl (C=O) groups excluding carboxylic acids is 2. The van der Waals surface area contributed by atoms with Gasteiger partial charge in [-0.3, -0.25) is 0 Å². The molecule has 28 heavy (non-hydrogen) atoms. The van der Waals surface area contributed by atoms with Gasteiger partial charge in [0.1, 0.15) is 13.2 Å². The normalized spacial score (nSPS) is 10.3. The third kappa shape index (κ3) is 4.01. The molecule has 3 aromatic carbocycles. The molecule has 4 heteroatoms. The molecule has 0 aliphatic carbocycles. The number of hydrogen-bond donors (Lipinski definition) is 0. The van der Waals surface area contributed by atoms with Crippen LogP contribution in [-0.2, 0) is 9.47 Å². The van der Waals surface area contributed by atoms with Crippen LogP contribution in [0.5, 0.6) is 0 Å². The van der Waals surface area contributed by atoms with Crippen molar-refractivity contribution in [3.05, 3.63) is 97.1 Å². The van der Waals surface area contributed by atoms with E-state index in [-0.39, 0.29) is 24.3 Å². The molecule has 0 saturated carbocycles. The summed E-state index contributed by atoms with van der Waals surface area (Å²) in [5, 5.41) is 2.14. The molecule has 0 saturated heterocycles. The largest absolute Gasteiger partial charge is 0.458 e. The Bertz CT molecular complexity index is 1040. The quantitative estimate of drug-likeness (QED) is 0.423. The predicted octanol–water partition coefficient (Wildman–Crippen LogP) is 5.19. The summed E-state index contributed by atoms with van der Waals surface area (Å²) in [5.41, 5.74) is 2.07. The van der Waals surface area contributed by atoms with Crippen LogP contribution in [0.3, 0.4) is 0 Å². The van der Waals surface area contributed by atoms with Crippen LogP contribution in [0.1, 0.15) is 20.7 Å². The molecule has 0 aliphatic heterocycles. The van der Waals surface area contributed by atoms with Crippen molar-refractivity contribution in [3.8, 4) is 11.1 Å². The highest BCUT2D eigenvalue weighted by Crippen LogP contribution is 2.30. The number of benzene rings is 3. The van der Waals surface area contributed by atoms with Gasteiger partial charge in [-0.15, -0.1) is 0 Å². The number of carbonyl (C=O) groups is 2. The van der Waals surface area contributed by atoms with Crippen molar-refractivity contribution in [2.24, 2.45) is 0 Å². The summed E-state index contributed by atoms with van der Waals surface area (Å²) in [7, 11) is 0. The fourth-order valence-corrected chi connectivity index (χ4v) is 2.96. The third-order valence-electron chi connectivity index (χ3n) is 4.22. The molecule has 0 bridgehead atoms. The smallest absolute Gasteiger partial charge is 0.339 e. The van der Waals surface area contributed by atoms with Crippen molar-refractivity contribution < 1.29 is 19.1 Å². The Morgan fingerprint density at radius 2 is 1.43 bits per heavy atom. The maximum absolute atomic E-state index is 12.6. The molecule has 0 N–H and O–H groups in total. The van der Waals surface area contributed by atoms with E-state index in [0.717, 1.165) is 21.9 Å². The van der Waals surface area contributed by atoms with Gasteiger partial charge in [-0.1, -0.05) is 73.8 Å². The number of fused-ring (bicyclic) bond motifs is 1. The molecule has 0 aliphatic rings. The Morgan fingerprint density at radius 1 is 0.786 bits per heavy atom. The lowest BCUT2D eigenvalue weighted by atomic mass is 9.95. The Hall–Kier alpha value is -3.66. The summed E-state index contributed by atoms with van der Waals surface area (Å²) >= 11 is 0. The lowest BCUT2D eigenvalue weighted by Crippen LogP contribution is -2.14. The summed E-state index contributed by atoms with van der Waals surface area (Å²) in [6.07, 6.45) is 2.94. The molecule has 0 radical (unpaired) electrons. The highest BCUT2D eigenvalue weighted by molar-refractivity contribution is 6.05. The van der Waals surface area contributed by atoms with E-state index in [4.69, 9.17) is 9.47 Å². The average molecular weight is 372 g/mol. The van der Waals surface area contributed by atoms with Crippen LogP contribution in [-0.4, -0.2) is 25.2 Å². The molecule has 0 heterocycles. The zero-order valence-corrected chi connectivity index (χ0v) is 15.4. The summed E-state index contributed by atoms with van der Waals surface area (Å²) in [6.45, 7) is 7.19. The molecule has 3 aromatic rings. The molecule has 0 aromatic heterocycles. The zero-order chi connectivity index (χ0) is 19.9. The first-order valence-electron chi connectivity index (χ1n) is 8.84. The van der Waals surface area contributed by atoms with Crippen molar-refractivity contribution in [2.45, 2.75) is 0 Å². The van der Waals surface area contributed by atoms with Crippen molar-refractivity contribution in [2.75, 3.05) is 13.2 Å². The van der Waals surface area contributed by atoms with Gasteiger partial charge in [0.15, 0.2) is 0 Å². The maximum atomic E-state index is 12.6. The van der Waals surface area contributed by atoms with Crippen LogP contribution in [0, 0.1) is 0 Å². The van der Waals surface area contributed by atoms with Crippen LogP contribution in [0.15, 0.2) is 86.0 Å². The summed E-state index contributed by atoms with van der Waals surface area (Å²) in [5.74, 6) is -1.21. The molecule has 0 fully saturated rings. The van der Waals surface area contributed by atoms with E-state index in [1.165, 1.54) is 12.2 Å². The highest BCUT2D eigenvalue weighted by Gasteiger charge is 2.20. The highest BCUT2D eigenvalue weighted by atomic mass is 16.5. The molecule has 0 spiro atoms. The zero-order valence-electron chi connectivity index (χ0n) is 15.4. The van der Waals surface area contributed by atoms with Crippen molar-refractivity contribution >= 4 is 22.7 Å². The second kappa shape index (κ2) is 8.82. The minimum absolute atomic E-state index is 0.0540. The van der Waals surface area contributed by atoms with E-state index >= 15 is 0 Å². The summed E-state index contributed by atoms with van der Waals surface area (Å²) in [6, 6.07) is 19.0. The van der Waals surface area contributed by atoms with Gasteiger partial charge in [-0.25, -0.2) is 9.59 Å². The van der Waals surface area contributed by atoms with Gasteiger partial charge in [0, 0.05) is 0 Å². The second-order valence-corrected chi connectivity index (χ2v) is 6.06. The van der Waals surface area contributed by atoms with E-state index < -0.39 is 11.9 Å². The third-order valence-corrected chi connectivity index (χ3v) is 4.22. The minimum Gasteiger partial charge on any atom is -0.458 e. The van der Waals surface area contributed by atoms with Crippen LogP contribution in [0.25, 0.3) is 21.9 Å². The van der Waals surface area contributed by atoms with E-state index in [0.29, 0.717) is 0 Å². The Morgan fingerprint density at radius 3 is 2.14 bits per heavy atom. The van der Waals surface area contributed by atoms with E-state index in [2.05, 4.69) is 13.2 Å². The molecule has 0 unspecified atom stereocenters. The minimum atomic E-state index is -0.604. The van der Waals surface area contributed by atoms with Crippen LogP contribution >= 0.6 is 0 Å². The van der Waals surface area contributed by atoms with E-state index in [1.54, 1.807) is 18.2 Å². The molecule has 0 amide bonds. The predicted molar refractivity (Wildman–Crippen MR) is 110 cm³/mol. The first-order valence-corrected chi connectivity index (χ1v) is 8.84. The van der Waals surface area contributed by atoms with Crippen LogP contribution < -0.4 is 0 Å². The van der Waals surface area contributed by atoms with Crippen LogP contribution in [0.2, 0.25) is 0 Å². The number of rotatable bonds is 7. The number of esters is 2. The Kier molecular flexibility index (Phi) is 6.02. The molecule has 0 atom stereocenters. The fraction of sp³-hybridized carbons (Fsp3) is 0.0833. The van der Waals surface area contributed by atoms with Gasteiger partial charge in [-0.05, 0) is 34.0 Å². The Labute approximate surface area is 163 Å². The van der Waals surface area contributed by atoms with Crippen molar-refractivity contribution in [3.63, 3.8) is 0 Å². The molecular weight excluding hydrogens is 352 g/mol. The second-order valence-electron chi connectivity index (χ2n) is 6.06. The van der Waals surface area contributed by atoms with Gasteiger partial charge in [-0.2, -0.15) is 0 Å². The first-order chi connectivity index (χ1) is 13.7. The SMILES string of the molecule is C=CCOC(=O)c1ccc(-c2cccc3ccccc23)cc1C(=O)OCC=C. The van der Waals surface area contributed by atoms with Crippen molar-refractivity contribution in [1.29, 1.82) is 0 Å². The van der Waals surface area contributed by atoms with Crippen LogP contribution in [0.4, 0.5) is 0 Å². The lowest BCUT2D eigenvalue weighted by molar-refractivity contribution is 0.0503. The maximum Gasteiger partial charge on any atom is 0.339 e. The van der Waals surface area contributed by atoms with Gasteiger partial charge in [0.2, 0.25) is 0 Å². The van der Waals surface area contributed by atoms with Gasteiger partial charge in [0.25, 0.3) is 0 Å². The van der Waals surface area contributed by atoms with Crippen molar-refractivity contribution in [1.82, 2.24) is 0 Å². The Balaban J connectivity index is 2.10. The fourth-order valence-electron chi connectivity index (χ4n) is 2.96. The molecular formula is C24H20O4. The average Bonchev–Trinajstić information content (AvgIpc) is 2.75. The lowest BCUT2D eigenvalue weighted by Gasteiger charge is -2.12. The molecule has 4 nitrogen and oxygen atoms in total. The van der Waals surface area contributed by atoms with Gasteiger partial charge >= 0.3 is 11.9 Å². The van der Waals surface area contributed by atoms with Gasteiger partial charge < -0.3 is 9.47 Å². The first kappa shape index (κ1) is 19.1. The summed E-state index contributed by atoms with van der Waals surface area (Å²) in [4.78, 5) is 24.9. The van der Waals surface area contributed by atoms with E-state index in [9.17, 15) is 9.59 Å². The standard InChI is InChI=1S/C24H20O4/c1-3-14-27-23(25)21-13-12-18(16-22(21)24(26)28-15-4-2)20-11-7-9-17-8-5-6-10-19(17)20/h3-13,16H,1-2,14-15H2. The molecule has 3 rings (SSSR count). The monoisotopic (exact) mass is 372 g/mol. The molecule has 140 valence electrons. The number of hydrogen-bond acceptors (Lipinski definition) is 4. The number of ether oxygens (including phenoxy) is 2.